The molecule has 1 aliphatic rings. The van der Waals surface area contributed by atoms with Gasteiger partial charge in [-0.25, -0.2) is 9.78 Å². The number of amides is 1. The van der Waals surface area contributed by atoms with E-state index in [0.717, 1.165) is 34.4 Å². The number of aromatic nitrogens is 2. The second-order valence-electron chi connectivity index (χ2n) is 12.6. The van der Waals surface area contributed by atoms with Gasteiger partial charge >= 0.3 is 6.09 Å². The number of carbonyl (C=O) groups excluding carboxylic acids is 1. The number of likely N-dealkylation sites (tertiary alicyclic amines) is 1. The molecule has 7 nitrogen and oxygen atoms in total. The lowest BCUT2D eigenvalue weighted by molar-refractivity contribution is -0.0118. The van der Waals surface area contributed by atoms with Gasteiger partial charge in [-0.15, -0.1) is 0 Å². The van der Waals surface area contributed by atoms with E-state index in [1.54, 1.807) is 11.2 Å². The van der Waals surface area contributed by atoms with Crippen molar-refractivity contribution in [1.82, 2.24) is 14.5 Å². The van der Waals surface area contributed by atoms with Gasteiger partial charge in [0.15, 0.2) is 8.32 Å². The van der Waals surface area contributed by atoms with Crippen LogP contribution in [0, 0.1) is 5.41 Å². The normalized spacial score (nSPS) is 19.1. The maximum Gasteiger partial charge on any atom is 0.410 e. The van der Waals surface area contributed by atoms with E-state index in [1.807, 2.05) is 47.0 Å². The van der Waals surface area contributed by atoms with Crippen LogP contribution in [0.3, 0.4) is 0 Å². The summed E-state index contributed by atoms with van der Waals surface area (Å²) in [5.41, 5.74) is 2.62. The summed E-state index contributed by atoms with van der Waals surface area (Å²) >= 11 is 9.88. The molecule has 1 amide bonds. The molecule has 0 aliphatic carbocycles. The van der Waals surface area contributed by atoms with Gasteiger partial charge in [0.05, 0.1) is 41.7 Å². The fraction of sp³-hybridized carbons (Fsp3) is 0.533. The van der Waals surface area contributed by atoms with E-state index in [0.29, 0.717) is 30.0 Å². The number of carbonyl (C=O) groups is 1. The SMILES string of the molecule is CC(C)(C)C[Si](C)(C)O[C@H]1CCCN(C(=O)OCc2ccccc2)[C@@H]1CC(O)Cn1cnc2c(Cl)c(Br)ccc21. The molecule has 0 radical (unpaired) electrons. The Morgan fingerprint density at radius 2 is 1.95 bits per heavy atom. The maximum atomic E-state index is 13.4. The molecule has 40 heavy (non-hydrogen) atoms. The van der Waals surface area contributed by atoms with Crippen molar-refractivity contribution in [2.24, 2.45) is 5.41 Å². The number of aliphatic hydroxyl groups is 1. The summed E-state index contributed by atoms with van der Waals surface area (Å²) in [5, 5.41) is 11.9. The van der Waals surface area contributed by atoms with Crippen LogP contribution in [-0.4, -0.2) is 58.8 Å². The summed E-state index contributed by atoms with van der Waals surface area (Å²) in [4.78, 5) is 19.6. The largest absolute Gasteiger partial charge is 0.445 e. The van der Waals surface area contributed by atoms with Gasteiger partial charge in [0, 0.05) is 11.0 Å². The zero-order chi connectivity index (χ0) is 29.1. The van der Waals surface area contributed by atoms with Crippen molar-refractivity contribution in [3.05, 3.63) is 63.9 Å². The molecule has 1 aromatic heterocycles. The molecular weight excluding hydrogens is 610 g/mol. The van der Waals surface area contributed by atoms with E-state index in [4.69, 9.17) is 20.8 Å². The van der Waals surface area contributed by atoms with E-state index in [1.165, 1.54) is 0 Å². The minimum absolute atomic E-state index is 0.145. The predicted molar refractivity (Wildman–Crippen MR) is 166 cm³/mol. The summed E-state index contributed by atoms with van der Waals surface area (Å²) in [6.45, 7) is 12.3. The molecule has 1 fully saturated rings. The van der Waals surface area contributed by atoms with E-state index < -0.39 is 14.4 Å². The molecule has 218 valence electrons. The fourth-order valence-electron chi connectivity index (χ4n) is 6.00. The van der Waals surface area contributed by atoms with Crippen LogP contribution in [0.5, 0.6) is 0 Å². The third kappa shape index (κ3) is 8.09. The number of hydrogen-bond donors (Lipinski definition) is 1. The molecular formula is C30H41BrClN3O4Si. The highest BCUT2D eigenvalue weighted by atomic mass is 79.9. The van der Waals surface area contributed by atoms with Gasteiger partial charge in [0.2, 0.25) is 0 Å². The summed E-state index contributed by atoms with van der Waals surface area (Å²) < 4.78 is 15.3. The summed E-state index contributed by atoms with van der Waals surface area (Å²) in [6.07, 6.45) is 2.48. The molecule has 3 aromatic rings. The molecule has 1 N–H and O–H groups in total. The Labute approximate surface area is 252 Å². The smallest absolute Gasteiger partial charge is 0.410 e. The fourth-order valence-corrected chi connectivity index (χ4v) is 10.3. The van der Waals surface area contributed by atoms with Crippen molar-refractivity contribution in [2.75, 3.05) is 6.54 Å². The van der Waals surface area contributed by atoms with Crippen LogP contribution < -0.4 is 0 Å². The van der Waals surface area contributed by atoms with Gasteiger partial charge in [-0.3, -0.25) is 0 Å². The van der Waals surface area contributed by atoms with Crippen molar-refractivity contribution >= 4 is 53.0 Å². The lowest BCUT2D eigenvalue weighted by Crippen LogP contribution is -2.56. The van der Waals surface area contributed by atoms with Crippen molar-refractivity contribution in [1.29, 1.82) is 0 Å². The number of hydrogen-bond acceptors (Lipinski definition) is 5. The van der Waals surface area contributed by atoms with Gasteiger partial charge in [-0.1, -0.05) is 62.7 Å². The topological polar surface area (TPSA) is 76.8 Å². The first-order valence-corrected chi connectivity index (χ1v) is 18.2. The number of benzene rings is 2. The molecule has 0 spiro atoms. The highest BCUT2D eigenvalue weighted by Crippen LogP contribution is 2.34. The molecule has 2 aromatic carbocycles. The van der Waals surface area contributed by atoms with Crippen molar-refractivity contribution in [3.8, 4) is 0 Å². The summed E-state index contributed by atoms with van der Waals surface area (Å²) in [7, 11) is -2.06. The molecule has 4 rings (SSSR count). The Balaban J connectivity index is 1.53. The van der Waals surface area contributed by atoms with Crippen LogP contribution in [-0.2, 0) is 22.3 Å². The molecule has 1 unspecified atom stereocenters. The Morgan fingerprint density at radius 1 is 1.23 bits per heavy atom. The number of ether oxygens (including phenoxy) is 1. The second-order valence-corrected chi connectivity index (χ2v) is 18.0. The van der Waals surface area contributed by atoms with Gasteiger partial charge in [0.25, 0.3) is 0 Å². The van der Waals surface area contributed by atoms with E-state index >= 15 is 0 Å². The molecule has 10 heteroatoms. The van der Waals surface area contributed by atoms with Crippen LogP contribution in [0.2, 0.25) is 24.2 Å². The van der Waals surface area contributed by atoms with E-state index in [9.17, 15) is 9.90 Å². The van der Waals surface area contributed by atoms with E-state index in [-0.39, 0.29) is 30.3 Å². The molecule has 1 saturated heterocycles. The lowest BCUT2D eigenvalue weighted by atomic mass is 9.94. The van der Waals surface area contributed by atoms with Crippen molar-refractivity contribution in [3.63, 3.8) is 0 Å². The van der Waals surface area contributed by atoms with Crippen LogP contribution in [0.25, 0.3) is 11.0 Å². The Morgan fingerprint density at radius 3 is 2.65 bits per heavy atom. The molecule has 0 saturated carbocycles. The quantitative estimate of drug-likeness (QED) is 0.241. The minimum atomic E-state index is -2.06. The van der Waals surface area contributed by atoms with Crippen molar-refractivity contribution < 1.29 is 19.1 Å². The van der Waals surface area contributed by atoms with E-state index in [2.05, 4.69) is 54.8 Å². The zero-order valence-corrected chi connectivity index (χ0v) is 27.4. The standard InChI is InChI=1S/C30H41BrClN3O4Si/c1-30(2,3)19-40(4,5)39-26-12-9-15-35(29(37)38-18-21-10-7-6-8-11-21)25(26)16-22(36)17-34-20-33-28-24(34)14-13-23(31)27(28)32/h6-8,10-11,13-14,20,22,25-26,36H,9,12,15-19H2,1-5H3/t22?,25-,26+/m1/s1. The molecule has 1 aliphatic heterocycles. The highest BCUT2D eigenvalue weighted by Gasteiger charge is 2.41. The van der Waals surface area contributed by atoms with Crippen LogP contribution in [0.4, 0.5) is 4.79 Å². The number of nitrogens with zero attached hydrogens (tertiary/aromatic N) is 3. The Bertz CT molecular complexity index is 1300. The van der Waals surface area contributed by atoms with Gasteiger partial charge in [-0.05, 0) is 77.4 Å². The highest BCUT2D eigenvalue weighted by molar-refractivity contribution is 9.10. The first kappa shape index (κ1) is 31.0. The Kier molecular flexibility index (Phi) is 10.0. The minimum Gasteiger partial charge on any atom is -0.445 e. The predicted octanol–water partition coefficient (Wildman–Crippen LogP) is 7.64. The lowest BCUT2D eigenvalue weighted by Gasteiger charge is -2.45. The number of rotatable bonds is 9. The third-order valence-corrected chi connectivity index (χ3v) is 11.3. The number of piperidine rings is 1. The number of halogens is 2. The van der Waals surface area contributed by atoms with Crippen LogP contribution in [0.1, 0.15) is 45.6 Å². The molecule has 3 atom stereocenters. The first-order chi connectivity index (χ1) is 18.8. The number of fused-ring (bicyclic) bond motifs is 1. The first-order valence-electron chi connectivity index (χ1n) is 13.9. The summed E-state index contributed by atoms with van der Waals surface area (Å²) in [6, 6.07) is 14.2. The van der Waals surface area contributed by atoms with Gasteiger partial charge in [0.1, 0.15) is 12.1 Å². The Hall–Kier alpha value is -1.91. The monoisotopic (exact) mass is 649 g/mol. The van der Waals surface area contributed by atoms with Gasteiger partial charge < -0.3 is 23.7 Å². The van der Waals surface area contributed by atoms with Crippen molar-refractivity contribution in [2.45, 2.75) is 90.6 Å². The number of aliphatic hydroxyl groups excluding tert-OH is 1. The second kappa shape index (κ2) is 12.9. The molecule has 2 heterocycles. The molecule has 0 bridgehead atoms. The number of imidazole rings is 1. The van der Waals surface area contributed by atoms with Crippen LogP contribution >= 0.6 is 27.5 Å². The maximum absolute atomic E-state index is 13.4. The van der Waals surface area contributed by atoms with Gasteiger partial charge in [-0.2, -0.15) is 0 Å². The zero-order valence-electron chi connectivity index (χ0n) is 24.1. The third-order valence-electron chi connectivity index (χ3n) is 7.19. The van der Waals surface area contributed by atoms with Crippen LogP contribution in [0.15, 0.2) is 53.3 Å². The average Bonchev–Trinajstić information content (AvgIpc) is 3.27. The summed E-state index contributed by atoms with van der Waals surface area (Å²) in [5.74, 6) is 0. The average molecular weight is 651 g/mol.